The molecule has 3 aromatic carbocycles. The average molecular weight is 737 g/mol. The van der Waals surface area contributed by atoms with Gasteiger partial charge in [-0.05, 0) is 84.7 Å². The number of nitrogens with zero attached hydrogens (tertiary/aromatic N) is 3. The first-order valence-corrected chi connectivity index (χ1v) is 20.6. The molecule has 0 radical (unpaired) electrons. The standard InChI is InChI=1S/C21H21ClN4OS.C18H28O3S/c22-17-13-18-15(12-20(27)23-18)11-14(17)5-6-25-7-9-26(10-8-25)21-16-3-1-2-4-19(16)28-24-21;1-3-4-5-6-7-8-11-22(19)15(2)12-16-9-10-17-18(13-16)21-14-20-17/h1-4,11,13H,5-10,12H2,(H,23,27);9-10,13,15H,3-8,11-12,14H2,1-2H3. The van der Waals surface area contributed by atoms with Crippen LogP contribution >= 0.6 is 23.1 Å². The summed E-state index contributed by atoms with van der Waals surface area (Å²) < 4.78 is 29.0. The molecule has 3 aliphatic heterocycles. The molecule has 1 amide bonds. The Morgan fingerprint density at radius 1 is 1.00 bits per heavy atom. The van der Waals surface area contributed by atoms with Crippen molar-refractivity contribution in [1.29, 1.82) is 0 Å². The summed E-state index contributed by atoms with van der Waals surface area (Å²) in [4.78, 5) is 16.4. The van der Waals surface area contributed by atoms with Crippen molar-refractivity contribution < 1.29 is 18.8 Å². The molecule has 4 heterocycles. The van der Waals surface area contributed by atoms with Crippen LogP contribution in [0.1, 0.15) is 69.1 Å². The molecule has 11 heteroatoms. The summed E-state index contributed by atoms with van der Waals surface area (Å²) in [5.41, 5.74) is 4.23. The number of unbranched alkanes of at least 4 members (excludes halogenated alkanes) is 5. The van der Waals surface area contributed by atoms with Crippen LogP contribution in [-0.2, 0) is 35.2 Å². The number of anilines is 2. The zero-order valence-electron chi connectivity index (χ0n) is 29.3. The van der Waals surface area contributed by atoms with Gasteiger partial charge in [0.2, 0.25) is 12.7 Å². The third kappa shape index (κ3) is 9.64. The number of halogens is 1. The van der Waals surface area contributed by atoms with Gasteiger partial charge in [0, 0.05) is 55.2 Å². The zero-order valence-corrected chi connectivity index (χ0v) is 31.6. The Labute approximate surface area is 308 Å². The molecule has 4 aromatic rings. The summed E-state index contributed by atoms with van der Waals surface area (Å²) in [7, 11) is 0. The predicted molar refractivity (Wildman–Crippen MR) is 208 cm³/mol. The highest BCUT2D eigenvalue weighted by Gasteiger charge is 2.23. The molecule has 8 nitrogen and oxygen atoms in total. The van der Waals surface area contributed by atoms with Gasteiger partial charge in [-0.25, -0.2) is 0 Å². The summed E-state index contributed by atoms with van der Waals surface area (Å²) >= 11 is 7.27. The lowest BCUT2D eigenvalue weighted by Gasteiger charge is -2.35. The third-order valence-electron chi connectivity index (χ3n) is 9.73. The number of carbonyl (C=O) groups is 1. The first-order chi connectivity index (χ1) is 24.4. The first-order valence-electron chi connectivity index (χ1n) is 18.1. The third-order valence-corrected chi connectivity index (χ3v) is 12.7. The van der Waals surface area contributed by atoms with Gasteiger partial charge in [0.15, 0.2) is 11.5 Å². The van der Waals surface area contributed by atoms with E-state index in [2.05, 4.69) is 63.7 Å². The second kappa shape index (κ2) is 18.0. The molecule has 3 aliphatic rings. The van der Waals surface area contributed by atoms with Crippen LogP contribution in [0, 0.1) is 0 Å². The Morgan fingerprint density at radius 2 is 1.78 bits per heavy atom. The van der Waals surface area contributed by atoms with Gasteiger partial charge < -0.3 is 24.2 Å². The lowest BCUT2D eigenvalue weighted by Crippen LogP contribution is -2.47. The number of rotatable bonds is 14. The maximum Gasteiger partial charge on any atom is 0.231 e. The quantitative estimate of drug-likeness (QED) is 0.103. The number of aromatic nitrogens is 1. The lowest BCUT2D eigenvalue weighted by molar-refractivity contribution is -0.115. The minimum atomic E-state index is -0.743. The van der Waals surface area contributed by atoms with E-state index in [4.69, 9.17) is 21.1 Å². The molecule has 50 heavy (non-hydrogen) atoms. The Hall–Kier alpha value is -3.02. The number of hydrogen-bond donors (Lipinski definition) is 1. The Kier molecular flexibility index (Phi) is 13.2. The van der Waals surface area contributed by atoms with Gasteiger partial charge in [-0.2, -0.15) is 4.37 Å². The fraction of sp³-hybridized carbons (Fsp3) is 0.487. The lowest BCUT2D eigenvalue weighted by atomic mass is 10.1. The van der Waals surface area contributed by atoms with Crippen LogP contribution < -0.4 is 19.7 Å². The summed E-state index contributed by atoms with van der Waals surface area (Å²) in [6, 6.07) is 18.4. The van der Waals surface area contributed by atoms with Crippen LogP contribution in [0.25, 0.3) is 10.1 Å². The molecule has 2 atom stereocenters. The average Bonchev–Trinajstić information content (AvgIpc) is 3.87. The minimum Gasteiger partial charge on any atom is -0.616 e. The minimum absolute atomic E-state index is 0.0499. The molecular weight excluding hydrogens is 688 g/mol. The van der Waals surface area contributed by atoms with Gasteiger partial charge in [-0.3, -0.25) is 9.69 Å². The van der Waals surface area contributed by atoms with Crippen molar-refractivity contribution >= 4 is 61.8 Å². The van der Waals surface area contributed by atoms with E-state index >= 15 is 0 Å². The van der Waals surface area contributed by atoms with E-state index in [-0.39, 0.29) is 11.2 Å². The van der Waals surface area contributed by atoms with Crippen LogP contribution in [0.3, 0.4) is 0 Å². The van der Waals surface area contributed by atoms with E-state index in [1.54, 1.807) is 11.5 Å². The smallest absolute Gasteiger partial charge is 0.231 e. The Balaban J connectivity index is 0.000000179. The van der Waals surface area contributed by atoms with Crippen LogP contribution in [0.15, 0.2) is 54.6 Å². The number of amides is 1. The van der Waals surface area contributed by atoms with Crippen LogP contribution in [0.4, 0.5) is 11.5 Å². The summed E-state index contributed by atoms with van der Waals surface area (Å²) in [6.45, 7) is 9.62. The maximum absolute atomic E-state index is 12.3. The van der Waals surface area contributed by atoms with Crippen molar-refractivity contribution in [2.24, 2.45) is 0 Å². The highest BCUT2D eigenvalue weighted by Crippen LogP contribution is 2.34. The second-order valence-electron chi connectivity index (χ2n) is 13.5. The molecule has 2 unspecified atom stereocenters. The molecule has 1 saturated heterocycles. The zero-order chi connectivity index (χ0) is 34.9. The highest BCUT2D eigenvalue weighted by molar-refractivity contribution is 7.92. The van der Waals surface area contributed by atoms with E-state index in [0.29, 0.717) is 13.2 Å². The first kappa shape index (κ1) is 36.8. The maximum atomic E-state index is 12.3. The molecule has 0 spiro atoms. The van der Waals surface area contributed by atoms with Crippen molar-refractivity contribution in [3.63, 3.8) is 0 Å². The Morgan fingerprint density at radius 3 is 2.62 bits per heavy atom. The van der Waals surface area contributed by atoms with Crippen molar-refractivity contribution in [3.05, 3.63) is 76.3 Å². The number of nitrogens with one attached hydrogen (secondary N) is 1. The Bertz CT molecular complexity index is 1730. The monoisotopic (exact) mass is 736 g/mol. The molecule has 0 bridgehead atoms. The number of hydrogen-bond acceptors (Lipinski definition) is 8. The van der Waals surface area contributed by atoms with E-state index in [0.717, 1.165) is 96.9 Å². The van der Waals surface area contributed by atoms with Crippen molar-refractivity contribution in [3.8, 4) is 11.5 Å². The number of fused-ring (bicyclic) bond motifs is 3. The summed E-state index contributed by atoms with van der Waals surface area (Å²) in [6.07, 6.45) is 9.68. The predicted octanol–water partition coefficient (Wildman–Crippen LogP) is 8.26. The van der Waals surface area contributed by atoms with E-state index in [1.165, 1.54) is 47.8 Å². The normalized spacial score (nSPS) is 16.6. The van der Waals surface area contributed by atoms with Gasteiger partial charge >= 0.3 is 0 Å². The van der Waals surface area contributed by atoms with E-state index in [1.807, 2.05) is 24.3 Å². The molecule has 1 aromatic heterocycles. The van der Waals surface area contributed by atoms with Crippen LogP contribution in [0.2, 0.25) is 5.02 Å². The van der Waals surface area contributed by atoms with Gasteiger partial charge in [0.05, 0.1) is 11.1 Å². The number of carbonyl (C=O) groups excluding carboxylic acids is 1. The molecule has 0 saturated carbocycles. The van der Waals surface area contributed by atoms with Crippen molar-refractivity contribution in [2.75, 3.05) is 55.5 Å². The molecule has 0 aliphatic carbocycles. The molecule has 1 N–H and O–H groups in total. The van der Waals surface area contributed by atoms with E-state index < -0.39 is 11.2 Å². The van der Waals surface area contributed by atoms with E-state index in [9.17, 15) is 9.35 Å². The molecule has 268 valence electrons. The van der Waals surface area contributed by atoms with Crippen molar-refractivity contribution in [2.45, 2.75) is 76.9 Å². The van der Waals surface area contributed by atoms with Crippen LogP contribution in [0.5, 0.6) is 11.5 Å². The number of ether oxygens (including phenoxy) is 2. The summed E-state index contributed by atoms with van der Waals surface area (Å²) in [5, 5.41) is 5.05. The second-order valence-corrected chi connectivity index (χ2v) is 16.6. The molecule has 1 fully saturated rings. The fourth-order valence-corrected chi connectivity index (χ4v) is 9.10. The van der Waals surface area contributed by atoms with Crippen LogP contribution in [-0.4, -0.2) is 70.3 Å². The van der Waals surface area contributed by atoms with Gasteiger partial charge in [0.1, 0.15) is 16.8 Å². The van der Waals surface area contributed by atoms with Gasteiger partial charge in [-0.15, -0.1) is 0 Å². The number of benzene rings is 3. The fourth-order valence-electron chi connectivity index (χ4n) is 6.77. The van der Waals surface area contributed by atoms with Gasteiger partial charge in [-0.1, -0.05) is 79.6 Å². The summed E-state index contributed by atoms with van der Waals surface area (Å²) in [5.74, 6) is 3.63. The molecule has 7 rings (SSSR count). The molecular formula is C39H49ClN4O4S2. The topological polar surface area (TPSA) is 90.0 Å². The van der Waals surface area contributed by atoms with Gasteiger partial charge in [0.25, 0.3) is 0 Å². The largest absolute Gasteiger partial charge is 0.616 e. The number of piperazine rings is 1. The highest BCUT2D eigenvalue weighted by atomic mass is 35.5. The SMILES string of the molecule is CCCCCCCC[S+]([O-])C(C)Cc1ccc2c(c1)OCO2.O=C1Cc2cc(CCN3CCN(c4nsc5ccccc45)CC3)c(Cl)cc2N1. The van der Waals surface area contributed by atoms with Crippen molar-refractivity contribution in [1.82, 2.24) is 9.27 Å².